The fraction of sp³-hybridized carbons (Fsp3) is 0.356. The molecule has 1 unspecified atom stereocenters. The minimum absolute atomic E-state index is 0. The van der Waals surface area contributed by atoms with Crippen LogP contribution in [0.1, 0.15) is 92.3 Å². The first-order valence-corrected chi connectivity index (χ1v) is 19.7. The second kappa shape index (κ2) is 14.5. The first-order valence-electron chi connectivity index (χ1n) is 17.2. The zero-order chi connectivity index (χ0) is 33.0. The molecule has 0 fully saturated rings. The molecule has 0 spiro atoms. The molecule has 3 aliphatic carbocycles. The fourth-order valence-electron chi connectivity index (χ4n) is 8.18. The summed E-state index contributed by atoms with van der Waals surface area (Å²) in [6.07, 6.45) is 10.9. The number of benzene rings is 3. The van der Waals surface area contributed by atoms with Crippen LogP contribution in [0.15, 0.2) is 125 Å². The molecule has 0 N–H and O–H groups in total. The van der Waals surface area contributed by atoms with Gasteiger partial charge in [0, 0.05) is 0 Å². The van der Waals surface area contributed by atoms with E-state index >= 15 is 0 Å². The van der Waals surface area contributed by atoms with E-state index in [0.717, 1.165) is 6.42 Å². The van der Waals surface area contributed by atoms with E-state index < -0.39 is 22.8 Å². The molecule has 3 aliphatic rings. The Hall–Kier alpha value is -2.31. The SMILES string of the molecule is CC(C)C1=CC(C(C)C)(C(C)(C)C)C(C2=CC=CC2)=C2[C]([Zr+2]=[C](c3ccccc3)c3ccccc3)=c3cc(C(C)(C)C)ccc3=C12.[Cl-].[Cl-]. The van der Waals surface area contributed by atoms with Gasteiger partial charge in [0.05, 0.1) is 0 Å². The van der Waals surface area contributed by atoms with Crippen molar-refractivity contribution in [2.24, 2.45) is 22.7 Å². The van der Waals surface area contributed by atoms with Crippen LogP contribution in [-0.2, 0) is 28.2 Å². The molecule has 249 valence electrons. The third-order valence-corrected chi connectivity index (χ3v) is 14.4. The molecule has 0 amide bonds. The summed E-state index contributed by atoms with van der Waals surface area (Å²) >= 11 is -1.39. The number of fused-ring (bicyclic) bond motifs is 2. The van der Waals surface area contributed by atoms with Crippen LogP contribution in [0.5, 0.6) is 0 Å². The molecule has 48 heavy (non-hydrogen) atoms. The van der Waals surface area contributed by atoms with Gasteiger partial charge >= 0.3 is 291 Å². The van der Waals surface area contributed by atoms with Gasteiger partial charge in [0.15, 0.2) is 0 Å². The third-order valence-electron chi connectivity index (χ3n) is 10.5. The van der Waals surface area contributed by atoms with E-state index in [1.54, 1.807) is 17.6 Å². The van der Waals surface area contributed by atoms with E-state index in [0.29, 0.717) is 11.8 Å². The van der Waals surface area contributed by atoms with E-state index in [2.05, 4.69) is 172 Å². The maximum atomic E-state index is 2.75. The maximum Gasteiger partial charge on any atom is -1.00 e. The second-order valence-electron chi connectivity index (χ2n) is 16.1. The minimum Gasteiger partial charge on any atom is -1.00 e. The molecule has 0 radical (unpaired) electrons. The molecule has 3 aromatic rings. The van der Waals surface area contributed by atoms with E-state index in [4.69, 9.17) is 0 Å². The molecule has 6 rings (SSSR count). The third kappa shape index (κ3) is 6.62. The summed E-state index contributed by atoms with van der Waals surface area (Å²) in [7, 11) is 0. The smallest absolute Gasteiger partial charge is 1.00 e. The summed E-state index contributed by atoms with van der Waals surface area (Å²) < 4.78 is 3.22. The van der Waals surface area contributed by atoms with Gasteiger partial charge in [-0.1, -0.05) is 0 Å². The van der Waals surface area contributed by atoms with Crippen LogP contribution in [0, 0.1) is 22.7 Å². The van der Waals surface area contributed by atoms with Gasteiger partial charge < -0.3 is 24.8 Å². The predicted octanol–water partition coefficient (Wildman–Crippen LogP) is 4.08. The van der Waals surface area contributed by atoms with Gasteiger partial charge in [-0.05, 0) is 0 Å². The Labute approximate surface area is 313 Å². The monoisotopic (exact) mass is 751 g/mol. The van der Waals surface area contributed by atoms with Crippen molar-refractivity contribution in [3.05, 3.63) is 153 Å². The Morgan fingerprint density at radius 2 is 1.31 bits per heavy atom. The molecule has 0 heterocycles. The molecule has 0 saturated carbocycles. The molecule has 0 aliphatic heterocycles. The number of hydrogen-bond donors (Lipinski definition) is 0. The zero-order valence-electron chi connectivity index (χ0n) is 30.4. The van der Waals surface area contributed by atoms with Crippen molar-refractivity contribution in [2.45, 2.75) is 81.1 Å². The summed E-state index contributed by atoms with van der Waals surface area (Å²) in [4.78, 5) is 0. The summed E-state index contributed by atoms with van der Waals surface area (Å²) in [5.41, 5.74) is 11.9. The van der Waals surface area contributed by atoms with Crippen LogP contribution in [0.2, 0.25) is 0 Å². The van der Waals surface area contributed by atoms with E-state index in [9.17, 15) is 0 Å². The topological polar surface area (TPSA) is 0 Å². The summed E-state index contributed by atoms with van der Waals surface area (Å²) in [5.74, 6) is 0.869. The van der Waals surface area contributed by atoms with E-state index in [1.807, 2.05) is 0 Å². The number of rotatable bonds is 6. The van der Waals surface area contributed by atoms with Crippen molar-refractivity contribution < 1.29 is 47.6 Å². The Morgan fingerprint density at radius 3 is 1.77 bits per heavy atom. The molecular formula is C45H51Cl2Zr. The Kier molecular flexibility index (Phi) is 11.6. The van der Waals surface area contributed by atoms with Crippen molar-refractivity contribution in [1.82, 2.24) is 0 Å². The summed E-state index contributed by atoms with van der Waals surface area (Å²) in [6.45, 7) is 24.3. The standard InChI is InChI=1S/C32H41.C13H10.2ClH.Zr/c1-20(2)27-19-32(21(3)4,31(8,9)10)29(22-13-11-12-14-22)26-18-23-17-24(30(5,6)7)15-16-25(23)28(26)27;1-3-7-12(8-4-1)11-13-9-5-2-6-10-13;;;/h11-13,15-17,19-21H,14H2,1-10H3;1-10H;2*1H;/q;;;;+2/p-2. The summed E-state index contributed by atoms with van der Waals surface area (Å²) in [6, 6.07) is 30.0. The first-order chi connectivity index (χ1) is 21.8. The maximum absolute atomic E-state index is 2.75. The second-order valence-corrected chi connectivity index (χ2v) is 19.2. The van der Waals surface area contributed by atoms with Gasteiger partial charge in [-0.2, -0.15) is 0 Å². The Morgan fingerprint density at radius 1 is 0.729 bits per heavy atom. The molecule has 0 aromatic heterocycles. The van der Waals surface area contributed by atoms with Gasteiger partial charge in [0.2, 0.25) is 0 Å². The summed E-state index contributed by atoms with van der Waals surface area (Å²) in [5, 5.41) is 2.95. The molecule has 0 nitrogen and oxygen atoms in total. The molecule has 0 bridgehead atoms. The van der Waals surface area contributed by atoms with Crippen molar-refractivity contribution in [1.29, 1.82) is 0 Å². The Balaban J connectivity index is 0.00000260. The van der Waals surface area contributed by atoms with Gasteiger partial charge in [0.25, 0.3) is 0 Å². The van der Waals surface area contributed by atoms with Crippen LogP contribution < -0.4 is 35.3 Å². The normalized spacial score (nSPS) is 18.6. The van der Waals surface area contributed by atoms with Crippen LogP contribution in [0.3, 0.4) is 0 Å². The van der Waals surface area contributed by atoms with E-state index in [1.165, 1.54) is 43.8 Å². The average Bonchev–Trinajstić information content (AvgIpc) is 3.65. The average molecular weight is 754 g/mol. The van der Waals surface area contributed by atoms with Gasteiger partial charge in [0.1, 0.15) is 0 Å². The zero-order valence-corrected chi connectivity index (χ0v) is 34.4. The number of allylic oxidation sites excluding steroid dienone is 8. The number of hydrogen-bond acceptors (Lipinski definition) is 0. The quantitative estimate of drug-likeness (QED) is 0.357. The largest absolute Gasteiger partial charge is 1.00 e. The van der Waals surface area contributed by atoms with Crippen molar-refractivity contribution in [3.63, 3.8) is 0 Å². The van der Waals surface area contributed by atoms with Crippen molar-refractivity contribution in [2.75, 3.05) is 0 Å². The molecule has 0 saturated heterocycles. The molecule has 3 aromatic carbocycles. The van der Waals surface area contributed by atoms with Crippen LogP contribution in [0.4, 0.5) is 0 Å². The Bertz CT molecular complexity index is 1910. The number of halogens is 2. The van der Waals surface area contributed by atoms with Crippen molar-refractivity contribution in [3.8, 4) is 0 Å². The van der Waals surface area contributed by atoms with Gasteiger partial charge in [-0.15, -0.1) is 0 Å². The molecule has 3 heteroatoms. The predicted molar refractivity (Wildman–Crippen MR) is 196 cm³/mol. The van der Waals surface area contributed by atoms with Gasteiger partial charge in [-0.25, -0.2) is 0 Å². The van der Waals surface area contributed by atoms with Crippen molar-refractivity contribution >= 4 is 12.1 Å². The fourth-order valence-corrected chi connectivity index (χ4v) is 12.1. The first kappa shape index (κ1) is 38.5. The molecule has 1 atom stereocenters. The van der Waals surface area contributed by atoms with Crippen LogP contribution in [-0.4, -0.2) is 3.21 Å². The van der Waals surface area contributed by atoms with E-state index in [-0.39, 0.29) is 41.1 Å². The van der Waals surface area contributed by atoms with Gasteiger partial charge in [-0.3, -0.25) is 0 Å². The van der Waals surface area contributed by atoms with Crippen LogP contribution in [0.25, 0.3) is 8.85 Å². The minimum atomic E-state index is -1.39. The van der Waals surface area contributed by atoms with Crippen LogP contribution >= 0.6 is 0 Å². The molecular weight excluding hydrogens is 703 g/mol.